The number of nitrogens with one attached hydrogen (secondary N) is 1. The Kier molecular flexibility index (Phi) is 0.859. The molecule has 0 radical (unpaired) electrons. The van der Waals surface area contributed by atoms with E-state index in [0.29, 0.717) is 0 Å². The highest BCUT2D eigenvalue weighted by Gasteiger charge is 2.17. The third-order valence-corrected chi connectivity index (χ3v) is 1.46. The van der Waals surface area contributed by atoms with E-state index in [1.54, 1.807) is 0 Å². The van der Waals surface area contributed by atoms with Gasteiger partial charge in [-0.1, -0.05) is 0 Å². The van der Waals surface area contributed by atoms with Gasteiger partial charge in [0.15, 0.2) is 6.21 Å². The molecule has 2 rings (SSSR count). The van der Waals surface area contributed by atoms with E-state index in [1.165, 1.54) is 5.57 Å². The van der Waals surface area contributed by atoms with E-state index < -0.39 is 0 Å². The van der Waals surface area contributed by atoms with Crippen molar-refractivity contribution in [1.29, 1.82) is 0 Å². The molecule has 9 heavy (non-hydrogen) atoms. The molecule has 0 saturated heterocycles. The number of hydrogen-bond acceptors (Lipinski definition) is 1. The van der Waals surface area contributed by atoms with Gasteiger partial charge in [-0.3, -0.25) is 0 Å². The Hall–Kier alpha value is -1.18. The minimum absolute atomic E-state index is 0.204. The van der Waals surface area contributed by atoms with E-state index in [1.807, 2.05) is 24.6 Å². The molecule has 0 fully saturated rings. The number of nitrogens with zero attached hydrogens (tertiary/aromatic N) is 1. The maximum atomic E-state index is 4.15. The first-order chi connectivity index (χ1) is 4.47. The second-order valence-corrected chi connectivity index (χ2v) is 2.06. The highest BCUT2D eigenvalue weighted by Crippen LogP contribution is 2.06. The van der Waals surface area contributed by atoms with Gasteiger partial charge in [-0.2, -0.15) is 0 Å². The predicted octanol–water partition coefficient (Wildman–Crippen LogP) is -0.956. The number of allylic oxidation sites excluding steroid dienone is 2. The van der Waals surface area contributed by atoms with E-state index in [-0.39, 0.29) is 6.17 Å². The molecule has 0 bridgehead atoms. The molecule has 0 aromatic rings. The fraction of sp³-hybridized carbons (Fsp3) is 0.143. The second-order valence-electron chi connectivity index (χ2n) is 2.06. The van der Waals surface area contributed by atoms with Crippen LogP contribution in [0.25, 0.3) is 0 Å². The lowest BCUT2D eigenvalue weighted by molar-refractivity contribution is -0.483. The van der Waals surface area contributed by atoms with Crippen LogP contribution in [0, 0.1) is 0 Å². The summed E-state index contributed by atoms with van der Waals surface area (Å²) in [6.45, 7) is 0. The Morgan fingerprint density at radius 3 is 3.44 bits per heavy atom. The molecule has 0 spiro atoms. The van der Waals surface area contributed by atoms with Crippen LogP contribution in [0.2, 0.25) is 0 Å². The molecule has 1 N–H and O–H groups in total. The molecule has 0 aromatic heterocycles. The molecule has 2 nitrogen and oxygen atoms in total. The maximum absolute atomic E-state index is 4.15. The summed E-state index contributed by atoms with van der Waals surface area (Å²) in [6.07, 6.45) is 10.0. The third-order valence-electron chi connectivity index (χ3n) is 1.46. The first-order valence-corrected chi connectivity index (χ1v) is 2.96. The van der Waals surface area contributed by atoms with Gasteiger partial charge < -0.3 is 0 Å². The zero-order chi connectivity index (χ0) is 6.10. The highest BCUT2D eigenvalue weighted by atomic mass is 15.0. The van der Waals surface area contributed by atoms with E-state index in [0.717, 1.165) is 0 Å². The monoisotopic (exact) mass is 119 g/mol. The lowest BCUT2D eigenvalue weighted by Gasteiger charge is -1.98. The summed E-state index contributed by atoms with van der Waals surface area (Å²) in [5.41, 5.74) is 1.25. The molecule has 1 unspecified atom stereocenters. The van der Waals surface area contributed by atoms with Gasteiger partial charge in [-0.25, -0.2) is 9.98 Å². The van der Waals surface area contributed by atoms with Gasteiger partial charge in [0.25, 0.3) is 6.17 Å². The van der Waals surface area contributed by atoms with E-state index in [9.17, 15) is 0 Å². The molecule has 0 aromatic carbocycles. The smallest absolute Gasteiger partial charge is 0.221 e. The summed E-state index contributed by atoms with van der Waals surface area (Å²) < 4.78 is 0. The molecule has 2 heterocycles. The largest absolute Gasteiger partial charge is 0.270 e. The maximum Gasteiger partial charge on any atom is 0.270 e. The molecular weight excluding hydrogens is 112 g/mol. The van der Waals surface area contributed by atoms with Crippen LogP contribution in [-0.4, -0.2) is 18.6 Å². The van der Waals surface area contributed by atoms with Gasteiger partial charge in [0.1, 0.15) is 0 Å². The van der Waals surface area contributed by atoms with Crippen LogP contribution in [-0.2, 0) is 0 Å². The zero-order valence-corrected chi connectivity index (χ0v) is 4.91. The Balaban J connectivity index is 2.40. The van der Waals surface area contributed by atoms with Gasteiger partial charge in [-0.05, 0) is 12.2 Å². The van der Waals surface area contributed by atoms with Crippen molar-refractivity contribution in [2.24, 2.45) is 4.99 Å². The highest BCUT2D eigenvalue weighted by molar-refractivity contribution is 5.79. The standard InChI is InChI=1S/C7H6N2/c1-2-6-3-5-9-7(6)8-4-1/h1-5,7H/p+1. The van der Waals surface area contributed by atoms with Gasteiger partial charge in [0, 0.05) is 17.9 Å². The summed E-state index contributed by atoms with van der Waals surface area (Å²) in [5, 5.41) is 0. The molecule has 2 aliphatic heterocycles. The summed E-state index contributed by atoms with van der Waals surface area (Å²) >= 11 is 0. The van der Waals surface area contributed by atoms with Crippen molar-refractivity contribution >= 4 is 12.4 Å². The van der Waals surface area contributed by atoms with Crippen LogP contribution in [0.1, 0.15) is 0 Å². The van der Waals surface area contributed by atoms with Crippen molar-refractivity contribution < 1.29 is 4.99 Å². The summed E-state index contributed by atoms with van der Waals surface area (Å²) in [5.74, 6) is 0. The van der Waals surface area contributed by atoms with Crippen molar-refractivity contribution in [1.82, 2.24) is 0 Å². The lowest BCUT2D eigenvalue weighted by Crippen LogP contribution is -2.76. The van der Waals surface area contributed by atoms with Crippen molar-refractivity contribution in [3.05, 3.63) is 23.8 Å². The predicted molar refractivity (Wildman–Crippen MR) is 36.5 cm³/mol. The van der Waals surface area contributed by atoms with Crippen LogP contribution in [0.3, 0.4) is 0 Å². The van der Waals surface area contributed by atoms with Crippen molar-refractivity contribution in [3.63, 3.8) is 0 Å². The van der Waals surface area contributed by atoms with Crippen LogP contribution in [0.5, 0.6) is 0 Å². The third kappa shape index (κ3) is 0.633. The Labute approximate surface area is 53.3 Å². The summed E-state index contributed by atoms with van der Waals surface area (Å²) in [7, 11) is 0. The van der Waals surface area contributed by atoms with Crippen LogP contribution in [0.4, 0.5) is 0 Å². The zero-order valence-electron chi connectivity index (χ0n) is 4.91. The van der Waals surface area contributed by atoms with E-state index >= 15 is 0 Å². The fourth-order valence-electron chi connectivity index (χ4n) is 0.984. The van der Waals surface area contributed by atoms with Crippen LogP contribution < -0.4 is 4.99 Å². The van der Waals surface area contributed by atoms with E-state index in [4.69, 9.17) is 0 Å². The van der Waals surface area contributed by atoms with Gasteiger partial charge in [0.2, 0.25) is 0 Å². The normalized spacial score (nSPS) is 28.4. The summed E-state index contributed by atoms with van der Waals surface area (Å²) in [4.78, 5) is 7.25. The molecule has 44 valence electrons. The topological polar surface area (TPSA) is 26.3 Å². The molecule has 0 saturated carbocycles. The van der Waals surface area contributed by atoms with Crippen LogP contribution >= 0.6 is 0 Å². The SMILES string of the molecule is C1=CC2=CC=NC2[NH+]=C1. The molecule has 2 aliphatic rings. The molecular formula is C7H7N2+. The Morgan fingerprint density at radius 1 is 1.56 bits per heavy atom. The number of rotatable bonds is 0. The minimum Gasteiger partial charge on any atom is -0.221 e. The quantitative estimate of drug-likeness (QED) is 0.425. The molecule has 1 atom stereocenters. The van der Waals surface area contributed by atoms with E-state index in [2.05, 4.69) is 16.1 Å². The van der Waals surface area contributed by atoms with Gasteiger partial charge in [-0.15, -0.1) is 0 Å². The van der Waals surface area contributed by atoms with Crippen molar-refractivity contribution in [3.8, 4) is 0 Å². The number of fused-ring (bicyclic) bond motifs is 1. The minimum atomic E-state index is 0.204. The average Bonchev–Trinajstić information content (AvgIpc) is 2.33. The summed E-state index contributed by atoms with van der Waals surface area (Å²) in [6, 6.07) is 0. The number of aliphatic imine (C=N–C) groups is 1. The molecule has 2 heteroatoms. The first-order valence-electron chi connectivity index (χ1n) is 2.96. The Bertz CT molecular complexity index is 233. The second kappa shape index (κ2) is 1.65. The van der Waals surface area contributed by atoms with Crippen molar-refractivity contribution in [2.45, 2.75) is 6.17 Å². The van der Waals surface area contributed by atoms with Crippen LogP contribution in [0.15, 0.2) is 28.8 Å². The molecule has 0 aliphatic carbocycles. The number of hydrogen-bond donors (Lipinski definition) is 1. The van der Waals surface area contributed by atoms with Crippen molar-refractivity contribution in [2.75, 3.05) is 0 Å². The van der Waals surface area contributed by atoms with Gasteiger partial charge in [0.05, 0.1) is 0 Å². The molecule has 0 amide bonds. The lowest BCUT2D eigenvalue weighted by atomic mass is 10.2. The first kappa shape index (κ1) is 4.68. The Morgan fingerprint density at radius 2 is 2.56 bits per heavy atom. The average molecular weight is 119 g/mol. The van der Waals surface area contributed by atoms with Gasteiger partial charge >= 0.3 is 0 Å². The fourth-order valence-corrected chi connectivity index (χ4v) is 0.984.